The number of aliphatic carboxylic acids is 1. The minimum Gasteiger partial charge on any atom is -0.481 e. The summed E-state index contributed by atoms with van der Waals surface area (Å²) in [6.07, 6.45) is 4.55. The van der Waals surface area contributed by atoms with Crippen molar-refractivity contribution in [2.45, 2.75) is 39.5 Å². The number of nitrogens with zero attached hydrogens (tertiary/aromatic N) is 3. The highest BCUT2D eigenvalue weighted by molar-refractivity contribution is 6.01. The summed E-state index contributed by atoms with van der Waals surface area (Å²) < 4.78 is 5.15. The van der Waals surface area contributed by atoms with Crippen molar-refractivity contribution >= 4 is 17.5 Å². The number of carbonyl (C=O) groups is 1. The third-order valence-corrected chi connectivity index (χ3v) is 3.69. The van der Waals surface area contributed by atoms with E-state index < -0.39 is 5.97 Å². The van der Waals surface area contributed by atoms with E-state index in [4.69, 9.17) is 9.84 Å². The van der Waals surface area contributed by atoms with Gasteiger partial charge in [0, 0.05) is 30.8 Å². The number of carboxylic acid groups (broad SMARTS) is 1. The van der Waals surface area contributed by atoms with Gasteiger partial charge in [-0.05, 0) is 25.8 Å². The number of allylic oxidation sites excluding steroid dienone is 1. The van der Waals surface area contributed by atoms with Crippen LogP contribution in [0.1, 0.15) is 38.3 Å². The van der Waals surface area contributed by atoms with E-state index >= 15 is 0 Å². The smallest absolute Gasteiger partial charge is 0.330 e. The minimum atomic E-state index is -0.954. The number of aromatic nitrogens is 1. The molecule has 0 unspecified atom stereocenters. The zero-order valence-electron chi connectivity index (χ0n) is 13.9. The van der Waals surface area contributed by atoms with E-state index in [2.05, 4.69) is 14.9 Å². The number of anilines is 1. The normalized spacial score (nSPS) is 16.9. The van der Waals surface area contributed by atoms with Gasteiger partial charge in [0.25, 0.3) is 0 Å². The monoisotopic (exact) mass is 317 g/mol. The summed E-state index contributed by atoms with van der Waals surface area (Å²) in [6, 6.07) is 3.81. The Kier molecular flexibility index (Phi) is 5.73. The molecule has 0 amide bonds. The molecule has 23 heavy (non-hydrogen) atoms. The number of carboxylic acids is 1. The van der Waals surface area contributed by atoms with Crippen LogP contribution >= 0.6 is 0 Å². The molecule has 1 aromatic heterocycles. The van der Waals surface area contributed by atoms with Gasteiger partial charge in [0.15, 0.2) is 0 Å². The van der Waals surface area contributed by atoms with Crippen LogP contribution in [0.25, 0.3) is 0 Å². The van der Waals surface area contributed by atoms with Crippen molar-refractivity contribution in [2.24, 2.45) is 4.99 Å². The number of amidine groups is 1. The van der Waals surface area contributed by atoms with Gasteiger partial charge in [0.2, 0.25) is 5.88 Å². The van der Waals surface area contributed by atoms with Crippen LogP contribution in [0.3, 0.4) is 0 Å². The van der Waals surface area contributed by atoms with Gasteiger partial charge in [0.1, 0.15) is 5.84 Å². The summed E-state index contributed by atoms with van der Waals surface area (Å²) in [5.74, 6) is 0.534. The number of pyridine rings is 1. The fraction of sp³-hybridized carbons (Fsp3) is 0.471. The van der Waals surface area contributed by atoms with E-state index in [0.29, 0.717) is 18.0 Å². The third kappa shape index (κ3) is 4.31. The number of hydrogen-bond acceptors (Lipinski definition) is 4. The first kappa shape index (κ1) is 17.0. The Morgan fingerprint density at radius 3 is 2.91 bits per heavy atom. The van der Waals surface area contributed by atoms with Crippen LogP contribution in [0.15, 0.2) is 28.9 Å². The van der Waals surface area contributed by atoms with Gasteiger partial charge in [-0.3, -0.25) is 0 Å². The quantitative estimate of drug-likeness (QED) is 0.816. The fourth-order valence-electron chi connectivity index (χ4n) is 2.69. The second kappa shape index (κ2) is 7.76. The molecule has 0 aromatic carbocycles. The highest BCUT2D eigenvalue weighted by Crippen LogP contribution is 2.27. The molecule has 0 aliphatic carbocycles. The largest absolute Gasteiger partial charge is 0.481 e. The summed E-state index contributed by atoms with van der Waals surface area (Å²) >= 11 is 0. The molecule has 6 nitrogen and oxygen atoms in total. The van der Waals surface area contributed by atoms with Gasteiger partial charge in [-0.15, -0.1) is 0 Å². The second-order valence-electron chi connectivity index (χ2n) is 5.47. The van der Waals surface area contributed by atoms with Gasteiger partial charge in [-0.25, -0.2) is 14.8 Å². The summed E-state index contributed by atoms with van der Waals surface area (Å²) in [5, 5.41) is 8.99. The first-order valence-electron chi connectivity index (χ1n) is 7.85. The Hall–Kier alpha value is -2.37. The molecular weight excluding hydrogens is 294 g/mol. The first-order valence-corrected chi connectivity index (χ1v) is 7.85. The van der Waals surface area contributed by atoms with Crippen LogP contribution in [-0.4, -0.2) is 35.5 Å². The SMILES string of the molecule is CCCC(=CC(=O)O)N=C1CCCN1c1ccc(OC)nc1C. The molecule has 0 radical (unpaired) electrons. The maximum atomic E-state index is 11.0. The predicted molar refractivity (Wildman–Crippen MR) is 90.2 cm³/mol. The molecule has 1 aromatic rings. The topological polar surface area (TPSA) is 75.0 Å². The lowest BCUT2D eigenvalue weighted by atomic mass is 10.2. The first-order chi connectivity index (χ1) is 11.0. The molecule has 1 N–H and O–H groups in total. The number of rotatable bonds is 6. The Morgan fingerprint density at radius 1 is 1.52 bits per heavy atom. The van der Waals surface area contributed by atoms with Gasteiger partial charge in [0.05, 0.1) is 18.5 Å². The van der Waals surface area contributed by atoms with E-state index in [1.165, 1.54) is 6.08 Å². The maximum absolute atomic E-state index is 11.0. The number of methoxy groups -OCH3 is 1. The molecule has 1 aliphatic rings. The highest BCUT2D eigenvalue weighted by Gasteiger charge is 2.22. The molecule has 1 aliphatic heterocycles. The van der Waals surface area contributed by atoms with Gasteiger partial charge in [-0.2, -0.15) is 0 Å². The van der Waals surface area contributed by atoms with Gasteiger partial charge in [-0.1, -0.05) is 13.3 Å². The van der Waals surface area contributed by atoms with E-state index in [0.717, 1.165) is 43.0 Å². The Balaban J connectivity index is 2.32. The molecule has 0 saturated carbocycles. The number of aliphatic imine (C=N–C) groups is 1. The van der Waals surface area contributed by atoms with E-state index in [1.54, 1.807) is 7.11 Å². The molecule has 0 bridgehead atoms. The van der Waals surface area contributed by atoms with Crippen LogP contribution in [0.2, 0.25) is 0 Å². The van der Waals surface area contributed by atoms with Crippen molar-refractivity contribution in [3.63, 3.8) is 0 Å². The van der Waals surface area contributed by atoms with E-state index in [-0.39, 0.29) is 0 Å². The van der Waals surface area contributed by atoms with Crippen molar-refractivity contribution in [3.05, 3.63) is 29.6 Å². The number of ether oxygens (including phenoxy) is 1. The third-order valence-electron chi connectivity index (χ3n) is 3.69. The van der Waals surface area contributed by atoms with Crippen molar-refractivity contribution in [2.75, 3.05) is 18.6 Å². The number of aryl methyl sites for hydroxylation is 1. The Morgan fingerprint density at radius 2 is 2.30 bits per heavy atom. The standard InChI is InChI=1S/C17H23N3O3/c1-4-6-13(11-17(21)22)19-15-7-5-10-20(15)14-8-9-16(23-3)18-12(14)2/h8-9,11H,4-7,10H2,1-3H3,(H,21,22). The molecule has 1 fully saturated rings. The molecule has 0 spiro atoms. The summed E-state index contributed by atoms with van der Waals surface area (Å²) in [6.45, 7) is 4.81. The van der Waals surface area contributed by atoms with Crippen molar-refractivity contribution in [1.82, 2.24) is 4.98 Å². The van der Waals surface area contributed by atoms with Crippen molar-refractivity contribution < 1.29 is 14.6 Å². The molecule has 2 rings (SSSR count). The van der Waals surface area contributed by atoms with E-state index in [9.17, 15) is 4.79 Å². The lowest BCUT2D eigenvalue weighted by Crippen LogP contribution is -2.25. The van der Waals surface area contributed by atoms with E-state index in [1.807, 2.05) is 26.0 Å². The predicted octanol–water partition coefficient (Wildman–Crippen LogP) is 3.17. The molecular formula is C17H23N3O3. The van der Waals surface area contributed by atoms with Crippen LogP contribution in [0, 0.1) is 6.92 Å². The molecule has 1 saturated heterocycles. The van der Waals surface area contributed by atoms with Crippen LogP contribution < -0.4 is 9.64 Å². The fourth-order valence-corrected chi connectivity index (χ4v) is 2.69. The van der Waals surface area contributed by atoms with Crippen LogP contribution in [0.4, 0.5) is 5.69 Å². The summed E-state index contributed by atoms with van der Waals surface area (Å²) in [4.78, 5) is 22.1. The van der Waals surface area contributed by atoms with Crippen molar-refractivity contribution in [1.29, 1.82) is 0 Å². The number of hydrogen-bond donors (Lipinski definition) is 1. The van der Waals surface area contributed by atoms with Gasteiger partial charge >= 0.3 is 5.97 Å². The Bertz CT molecular complexity index is 638. The zero-order valence-corrected chi connectivity index (χ0v) is 13.9. The average molecular weight is 317 g/mol. The minimum absolute atomic E-state index is 0.585. The van der Waals surface area contributed by atoms with Crippen LogP contribution in [-0.2, 0) is 4.79 Å². The van der Waals surface area contributed by atoms with Crippen LogP contribution in [0.5, 0.6) is 5.88 Å². The second-order valence-corrected chi connectivity index (χ2v) is 5.47. The Labute approximate surface area is 136 Å². The molecule has 124 valence electrons. The van der Waals surface area contributed by atoms with Gasteiger partial charge < -0.3 is 14.7 Å². The van der Waals surface area contributed by atoms with Crippen molar-refractivity contribution in [3.8, 4) is 5.88 Å². The lowest BCUT2D eigenvalue weighted by Gasteiger charge is -2.21. The average Bonchev–Trinajstić information content (AvgIpc) is 2.94. The molecule has 6 heteroatoms. The lowest BCUT2D eigenvalue weighted by molar-refractivity contribution is -0.131. The summed E-state index contributed by atoms with van der Waals surface area (Å²) in [7, 11) is 1.60. The highest BCUT2D eigenvalue weighted by atomic mass is 16.5. The zero-order chi connectivity index (χ0) is 16.8. The molecule has 2 heterocycles. The summed E-state index contributed by atoms with van der Waals surface area (Å²) in [5.41, 5.74) is 2.48. The molecule has 0 atom stereocenters. The maximum Gasteiger partial charge on any atom is 0.330 e.